The monoisotopic (exact) mass is 378 g/mol. The normalized spacial score (nSPS) is 45.1. The fraction of sp³-hybridized carbons (Fsp3) is 0.810. The third-order valence-corrected chi connectivity index (χ3v) is 7.38. The van der Waals surface area contributed by atoms with Crippen LogP contribution in [0.15, 0.2) is 11.1 Å². The Hall–Kier alpha value is -1.40. The number of fused-ring (bicyclic) bond motifs is 1. The SMILES string of the molecule is CCO[C@@]12C[C@@]34O[C@@H]3CC[C@H](C)[C@@]4(C)[C@H](OC(=O)C(C)C)C1=C(C)C(=O)O2. The van der Waals surface area contributed by atoms with Gasteiger partial charge in [-0.15, -0.1) is 0 Å². The Kier molecular flexibility index (Phi) is 4.07. The van der Waals surface area contributed by atoms with Gasteiger partial charge in [-0.05, 0) is 32.6 Å². The van der Waals surface area contributed by atoms with Gasteiger partial charge in [-0.25, -0.2) is 4.79 Å². The topological polar surface area (TPSA) is 74.4 Å². The van der Waals surface area contributed by atoms with Crippen LogP contribution >= 0.6 is 0 Å². The van der Waals surface area contributed by atoms with Crippen LogP contribution in [0.25, 0.3) is 0 Å². The highest BCUT2D eigenvalue weighted by Gasteiger charge is 2.81. The molecule has 0 bridgehead atoms. The van der Waals surface area contributed by atoms with E-state index in [2.05, 4.69) is 13.8 Å². The Morgan fingerprint density at radius 2 is 2.04 bits per heavy atom. The predicted molar refractivity (Wildman–Crippen MR) is 96.6 cm³/mol. The van der Waals surface area contributed by atoms with E-state index >= 15 is 0 Å². The Morgan fingerprint density at radius 3 is 2.67 bits per heavy atom. The van der Waals surface area contributed by atoms with E-state index in [1.165, 1.54) is 0 Å². The van der Waals surface area contributed by atoms with Crippen molar-refractivity contribution < 1.29 is 28.5 Å². The molecule has 2 heterocycles. The first kappa shape index (κ1) is 18.9. The van der Waals surface area contributed by atoms with E-state index in [9.17, 15) is 9.59 Å². The van der Waals surface area contributed by atoms with Gasteiger partial charge in [0.15, 0.2) is 0 Å². The average molecular weight is 378 g/mol. The number of carbonyl (C=O) groups is 2. The second-order valence-electron chi connectivity index (χ2n) is 9.02. The van der Waals surface area contributed by atoms with Crippen LogP contribution < -0.4 is 0 Å². The fourth-order valence-electron chi connectivity index (χ4n) is 5.61. The van der Waals surface area contributed by atoms with Gasteiger partial charge in [-0.3, -0.25) is 4.79 Å². The lowest BCUT2D eigenvalue weighted by Gasteiger charge is -2.55. The van der Waals surface area contributed by atoms with Gasteiger partial charge in [0.2, 0.25) is 5.79 Å². The zero-order chi connectivity index (χ0) is 19.8. The van der Waals surface area contributed by atoms with Crippen molar-refractivity contribution >= 4 is 11.9 Å². The molecule has 0 aromatic rings. The van der Waals surface area contributed by atoms with Crippen LogP contribution in [0.4, 0.5) is 0 Å². The van der Waals surface area contributed by atoms with E-state index in [0.717, 1.165) is 12.8 Å². The summed E-state index contributed by atoms with van der Waals surface area (Å²) in [5.74, 6) is -1.85. The molecule has 0 unspecified atom stereocenters. The quantitative estimate of drug-likeness (QED) is 0.553. The van der Waals surface area contributed by atoms with Gasteiger partial charge in [0.1, 0.15) is 11.7 Å². The number of carbonyl (C=O) groups excluding carboxylic acids is 2. The minimum Gasteiger partial charge on any atom is -0.457 e. The molecule has 6 atom stereocenters. The molecule has 0 N–H and O–H groups in total. The molecule has 6 heteroatoms. The number of epoxide rings is 1. The van der Waals surface area contributed by atoms with Crippen LogP contribution in [-0.2, 0) is 28.5 Å². The first-order valence-corrected chi connectivity index (χ1v) is 10.1. The molecule has 0 aromatic heterocycles. The minimum absolute atomic E-state index is 0.0949. The molecule has 2 aliphatic heterocycles. The maximum Gasteiger partial charge on any atom is 0.336 e. The van der Waals surface area contributed by atoms with Gasteiger partial charge in [0, 0.05) is 17.6 Å². The Labute approximate surface area is 160 Å². The van der Waals surface area contributed by atoms with Crippen molar-refractivity contribution in [3.8, 4) is 0 Å². The molecule has 4 rings (SSSR count). The molecule has 6 nitrogen and oxygen atoms in total. The van der Waals surface area contributed by atoms with E-state index in [-0.39, 0.29) is 23.9 Å². The highest BCUT2D eigenvalue weighted by Crippen LogP contribution is 2.71. The first-order valence-electron chi connectivity index (χ1n) is 10.1. The van der Waals surface area contributed by atoms with Gasteiger partial charge in [0.05, 0.1) is 24.0 Å². The molecule has 4 aliphatic rings. The molecule has 1 saturated heterocycles. The van der Waals surface area contributed by atoms with E-state index in [1.807, 2.05) is 20.8 Å². The zero-order valence-corrected chi connectivity index (χ0v) is 17.1. The maximum atomic E-state index is 12.6. The Balaban J connectivity index is 1.89. The molecule has 0 radical (unpaired) electrons. The number of esters is 2. The number of hydrogen-bond donors (Lipinski definition) is 0. The average Bonchev–Trinajstić information content (AvgIpc) is 3.25. The van der Waals surface area contributed by atoms with Gasteiger partial charge < -0.3 is 18.9 Å². The van der Waals surface area contributed by atoms with Crippen molar-refractivity contribution in [1.29, 1.82) is 0 Å². The summed E-state index contributed by atoms with van der Waals surface area (Å²) >= 11 is 0. The highest BCUT2D eigenvalue weighted by atomic mass is 16.7. The summed E-state index contributed by atoms with van der Waals surface area (Å²) in [7, 11) is 0. The second kappa shape index (κ2) is 5.80. The molecule has 1 spiro atoms. The van der Waals surface area contributed by atoms with Crippen molar-refractivity contribution in [2.24, 2.45) is 17.3 Å². The molecule has 0 amide bonds. The van der Waals surface area contributed by atoms with Crippen molar-refractivity contribution in [2.45, 2.75) is 84.4 Å². The Bertz CT molecular complexity index is 726. The molecule has 2 saturated carbocycles. The van der Waals surface area contributed by atoms with Crippen LogP contribution in [0, 0.1) is 17.3 Å². The van der Waals surface area contributed by atoms with Crippen molar-refractivity contribution in [3.05, 3.63) is 11.1 Å². The van der Waals surface area contributed by atoms with E-state index in [0.29, 0.717) is 24.2 Å². The third kappa shape index (κ3) is 2.26. The van der Waals surface area contributed by atoms with Crippen LogP contribution in [-0.4, -0.2) is 42.1 Å². The summed E-state index contributed by atoms with van der Waals surface area (Å²) < 4.78 is 24.2. The van der Waals surface area contributed by atoms with Gasteiger partial charge in [0.25, 0.3) is 0 Å². The summed E-state index contributed by atoms with van der Waals surface area (Å²) in [6.07, 6.45) is 1.93. The third-order valence-electron chi connectivity index (χ3n) is 7.38. The summed E-state index contributed by atoms with van der Waals surface area (Å²) in [6, 6.07) is 0. The molecule has 3 fully saturated rings. The molecule has 0 aromatic carbocycles. The highest BCUT2D eigenvalue weighted by molar-refractivity contribution is 5.93. The maximum absolute atomic E-state index is 12.6. The van der Waals surface area contributed by atoms with Crippen molar-refractivity contribution in [3.63, 3.8) is 0 Å². The van der Waals surface area contributed by atoms with E-state index in [1.54, 1.807) is 6.92 Å². The zero-order valence-electron chi connectivity index (χ0n) is 17.1. The van der Waals surface area contributed by atoms with E-state index in [4.69, 9.17) is 18.9 Å². The molecule has 27 heavy (non-hydrogen) atoms. The van der Waals surface area contributed by atoms with Gasteiger partial charge in [-0.1, -0.05) is 27.7 Å². The lowest BCUT2D eigenvalue weighted by atomic mass is 9.51. The van der Waals surface area contributed by atoms with E-state index < -0.39 is 28.9 Å². The van der Waals surface area contributed by atoms with Crippen molar-refractivity contribution in [1.82, 2.24) is 0 Å². The van der Waals surface area contributed by atoms with Gasteiger partial charge in [-0.2, -0.15) is 0 Å². The standard InChI is InChI=1S/C21H30O6/c1-7-24-21-10-20-14(26-20)9-8-12(4)19(20,6)16(25-17(22)11(2)3)15(21)13(5)18(23)27-21/h11-12,14,16H,7-10H2,1-6H3/t12-,14+,16+,19-,20+,21+/m0/s1. The Morgan fingerprint density at radius 1 is 1.33 bits per heavy atom. The fourth-order valence-corrected chi connectivity index (χ4v) is 5.61. The number of ether oxygens (including phenoxy) is 4. The van der Waals surface area contributed by atoms with Crippen molar-refractivity contribution in [2.75, 3.05) is 6.61 Å². The number of hydrogen-bond acceptors (Lipinski definition) is 6. The lowest BCUT2D eigenvalue weighted by Crippen LogP contribution is -2.65. The van der Waals surface area contributed by atoms with Crippen LogP contribution in [0.1, 0.15) is 60.8 Å². The van der Waals surface area contributed by atoms with Crippen LogP contribution in [0.2, 0.25) is 0 Å². The number of rotatable bonds is 4. The van der Waals surface area contributed by atoms with Crippen LogP contribution in [0.3, 0.4) is 0 Å². The molecular weight excluding hydrogens is 348 g/mol. The molecule has 150 valence electrons. The minimum atomic E-state index is -1.19. The smallest absolute Gasteiger partial charge is 0.336 e. The summed E-state index contributed by atoms with van der Waals surface area (Å²) in [5, 5.41) is 0. The molecule has 2 aliphatic carbocycles. The predicted octanol–water partition coefficient (Wildman–Crippen LogP) is 3.14. The largest absolute Gasteiger partial charge is 0.457 e. The molecular formula is C21H30O6. The lowest BCUT2D eigenvalue weighted by molar-refractivity contribution is -0.245. The summed E-state index contributed by atoms with van der Waals surface area (Å²) in [6.45, 7) is 12.0. The first-order chi connectivity index (χ1) is 12.6. The van der Waals surface area contributed by atoms with Gasteiger partial charge >= 0.3 is 11.9 Å². The summed E-state index contributed by atoms with van der Waals surface area (Å²) in [5.41, 5.74) is 0.262. The van der Waals surface area contributed by atoms with Crippen LogP contribution in [0.5, 0.6) is 0 Å². The second-order valence-corrected chi connectivity index (χ2v) is 9.02. The summed E-state index contributed by atoms with van der Waals surface area (Å²) in [4.78, 5) is 25.2.